The summed E-state index contributed by atoms with van der Waals surface area (Å²) in [7, 11) is 0. The summed E-state index contributed by atoms with van der Waals surface area (Å²) in [6.45, 7) is 2.11. The highest BCUT2D eigenvalue weighted by atomic mass is 16.5. The highest BCUT2D eigenvalue weighted by Gasteiger charge is 2.08. The lowest BCUT2D eigenvalue weighted by molar-refractivity contribution is -0.136. The number of carboxylic acids is 1. The van der Waals surface area contributed by atoms with E-state index < -0.39 is 5.97 Å². The molecule has 1 heterocycles. The van der Waals surface area contributed by atoms with Crippen LogP contribution in [0.4, 0.5) is 0 Å². The zero-order chi connectivity index (χ0) is 13.0. The first-order valence-electron chi connectivity index (χ1n) is 5.47. The second kappa shape index (κ2) is 5.42. The predicted molar refractivity (Wildman–Crippen MR) is 63.8 cm³/mol. The molecule has 0 aliphatic heterocycles. The Kier molecular flexibility index (Phi) is 3.69. The van der Waals surface area contributed by atoms with E-state index in [4.69, 9.17) is 9.63 Å². The monoisotopic (exact) mass is 247 g/mol. The average Bonchev–Trinajstić information content (AvgIpc) is 2.78. The van der Waals surface area contributed by atoms with Crippen molar-refractivity contribution in [1.82, 2.24) is 15.5 Å². The fourth-order valence-electron chi connectivity index (χ4n) is 1.42. The Morgan fingerprint density at radius 3 is 2.78 bits per heavy atom. The smallest absolute Gasteiger partial charge is 0.317 e. The topological polar surface area (TPSA) is 88.2 Å². The van der Waals surface area contributed by atoms with Gasteiger partial charge in [0.25, 0.3) is 0 Å². The van der Waals surface area contributed by atoms with Crippen molar-refractivity contribution < 1.29 is 14.4 Å². The van der Waals surface area contributed by atoms with Crippen molar-refractivity contribution in [1.29, 1.82) is 0 Å². The van der Waals surface area contributed by atoms with Gasteiger partial charge in [-0.15, -0.1) is 0 Å². The number of nitrogens with one attached hydrogen (secondary N) is 1. The Bertz CT molecular complexity index is 534. The molecule has 0 unspecified atom stereocenters. The lowest BCUT2D eigenvalue weighted by atomic mass is 10.1. The van der Waals surface area contributed by atoms with E-state index in [1.54, 1.807) is 0 Å². The van der Waals surface area contributed by atoms with Gasteiger partial charge in [-0.25, -0.2) is 0 Å². The molecule has 2 aromatic rings. The van der Waals surface area contributed by atoms with E-state index in [1.165, 1.54) is 0 Å². The fraction of sp³-hybridized carbons (Fsp3) is 0.250. The molecule has 6 heteroatoms. The van der Waals surface area contributed by atoms with Crippen molar-refractivity contribution in [2.75, 3.05) is 6.54 Å². The summed E-state index contributed by atoms with van der Waals surface area (Å²) in [6.07, 6.45) is 0. The quantitative estimate of drug-likeness (QED) is 0.825. The van der Waals surface area contributed by atoms with Crippen LogP contribution in [0.1, 0.15) is 11.5 Å². The number of aryl methyl sites for hydroxylation is 1. The SMILES string of the molecule is Cc1ccc(-c2noc(CNCC(=O)O)n2)cc1. The number of carboxylic acid groups (broad SMARTS) is 1. The fourth-order valence-corrected chi connectivity index (χ4v) is 1.42. The van der Waals surface area contributed by atoms with Gasteiger partial charge in [0.1, 0.15) is 0 Å². The van der Waals surface area contributed by atoms with E-state index in [1.807, 2.05) is 31.2 Å². The number of benzene rings is 1. The number of aromatic nitrogens is 2. The van der Waals surface area contributed by atoms with Crippen LogP contribution < -0.4 is 5.32 Å². The maximum Gasteiger partial charge on any atom is 0.317 e. The van der Waals surface area contributed by atoms with Crippen LogP contribution in [-0.2, 0) is 11.3 Å². The minimum absolute atomic E-state index is 0.137. The van der Waals surface area contributed by atoms with Crippen molar-refractivity contribution in [2.24, 2.45) is 0 Å². The summed E-state index contributed by atoms with van der Waals surface area (Å²) < 4.78 is 5.01. The number of hydrogen-bond donors (Lipinski definition) is 2. The van der Waals surface area contributed by atoms with Crippen molar-refractivity contribution in [3.05, 3.63) is 35.7 Å². The van der Waals surface area contributed by atoms with Crippen LogP contribution in [0.25, 0.3) is 11.4 Å². The number of aliphatic carboxylic acids is 1. The minimum atomic E-state index is -0.923. The van der Waals surface area contributed by atoms with Gasteiger partial charge in [-0.05, 0) is 6.92 Å². The van der Waals surface area contributed by atoms with Gasteiger partial charge in [-0.3, -0.25) is 10.1 Å². The van der Waals surface area contributed by atoms with Gasteiger partial charge in [0, 0.05) is 5.56 Å². The molecule has 18 heavy (non-hydrogen) atoms. The van der Waals surface area contributed by atoms with Gasteiger partial charge in [-0.1, -0.05) is 35.0 Å². The third-order valence-electron chi connectivity index (χ3n) is 2.33. The highest BCUT2D eigenvalue weighted by Crippen LogP contribution is 2.16. The molecule has 0 saturated heterocycles. The normalized spacial score (nSPS) is 10.5. The van der Waals surface area contributed by atoms with E-state index in [-0.39, 0.29) is 13.1 Å². The Labute approximate surface area is 104 Å². The zero-order valence-electron chi connectivity index (χ0n) is 9.88. The molecule has 0 saturated carbocycles. The predicted octanol–water partition coefficient (Wildman–Crippen LogP) is 1.22. The first-order chi connectivity index (χ1) is 8.65. The summed E-state index contributed by atoms with van der Waals surface area (Å²) in [6, 6.07) is 7.76. The Morgan fingerprint density at radius 2 is 2.11 bits per heavy atom. The highest BCUT2D eigenvalue weighted by molar-refractivity contribution is 5.68. The third kappa shape index (κ3) is 3.14. The van der Waals surface area contributed by atoms with Gasteiger partial charge in [0.15, 0.2) is 0 Å². The molecule has 0 fully saturated rings. The molecule has 0 aliphatic rings. The maximum absolute atomic E-state index is 10.3. The maximum atomic E-state index is 10.3. The third-order valence-corrected chi connectivity index (χ3v) is 2.33. The first kappa shape index (κ1) is 12.3. The van der Waals surface area contributed by atoms with Crippen LogP contribution >= 0.6 is 0 Å². The number of hydrogen-bond acceptors (Lipinski definition) is 5. The summed E-state index contributed by atoms with van der Waals surface area (Å²) in [5.74, 6) is -0.0535. The molecule has 0 amide bonds. The van der Waals surface area contributed by atoms with E-state index >= 15 is 0 Å². The number of nitrogens with zero attached hydrogens (tertiary/aromatic N) is 2. The Morgan fingerprint density at radius 1 is 1.39 bits per heavy atom. The first-order valence-corrected chi connectivity index (χ1v) is 5.47. The zero-order valence-corrected chi connectivity index (χ0v) is 9.88. The van der Waals surface area contributed by atoms with Crippen LogP contribution in [-0.4, -0.2) is 27.8 Å². The van der Waals surface area contributed by atoms with Gasteiger partial charge >= 0.3 is 5.97 Å². The van der Waals surface area contributed by atoms with Crippen LogP contribution in [0.5, 0.6) is 0 Å². The number of carbonyl (C=O) groups is 1. The molecule has 6 nitrogen and oxygen atoms in total. The lowest BCUT2D eigenvalue weighted by Gasteiger charge is -1.95. The summed E-state index contributed by atoms with van der Waals surface area (Å²) in [5.41, 5.74) is 2.03. The van der Waals surface area contributed by atoms with Crippen molar-refractivity contribution in [3.63, 3.8) is 0 Å². The van der Waals surface area contributed by atoms with Crippen molar-refractivity contribution in [3.8, 4) is 11.4 Å². The van der Waals surface area contributed by atoms with Gasteiger partial charge in [0.2, 0.25) is 11.7 Å². The van der Waals surface area contributed by atoms with Crippen molar-refractivity contribution >= 4 is 5.97 Å². The second-order valence-corrected chi connectivity index (χ2v) is 3.88. The molecule has 1 aromatic carbocycles. The molecule has 94 valence electrons. The molecule has 0 radical (unpaired) electrons. The van der Waals surface area contributed by atoms with E-state index in [0.717, 1.165) is 11.1 Å². The van der Waals surface area contributed by atoms with Gasteiger partial charge in [0.05, 0.1) is 13.1 Å². The van der Waals surface area contributed by atoms with E-state index in [2.05, 4.69) is 15.5 Å². The average molecular weight is 247 g/mol. The van der Waals surface area contributed by atoms with Crippen LogP contribution in [0, 0.1) is 6.92 Å². The van der Waals surface area contributed by atoms with E-state index in [0.29, 0.717) is 11.7 Å². The van der Waals surface area contributed by atoms with Crippen LogP contribution in [0.15, 0.2) is 28.8 Å². The largest absolute Gasteiger partial charge is 0.480 e. The Hall–Kier alpha value is -2.21. The van der Waals surface area contributed by atoms with Gasteiger partial charge in [-0.2, -0.15) is 4.98 Å². The molecule has 0 spiro atoms. The summed E-state index contributed by atoms with van der Waals surface area (Å²) in [4.78, 5) is 14.5. The molecule has 1 aromatic heterocycles. The standard InChI is InChI=1S/C12H13N3O3/c1-8-2-4-9(5-3-8)12-14-10(18-15-12)6-13-7-11(16)17/h2-5,13H,6-7H2,1H3,(H,16,17). The minimum Gasteiger partial charge on any atom is -0.480 e. The van der Waals surface area contributed by atoms with Crippen molar-refractivity contribution in [2.45, 2.75) is 13.5 Å². The van der Waals surface area contributed by atoms with Crippen LogP contribution in [0.2, 0.25) is 0 Å². The molecular weight excluding hydrogens is 234 g/mol. The molecule has 2 N–H and O–H groups in total. The molecular formula is C12H13N3O3. The number of rotatable bonds is 5. The molecule has 0 bridgehead atoms. The van der Waals surface area contributed by atoms with E-state index in [9.17, 15) is 4.79 Å². The second-order valence-electron chi connectivity index (χ2n) is 3.88. The molecule has 0 aliphatic carbocycles. The molecule has 0 atom stereocenters. The Balaban J connectivity index is 2.01. The van der Waals surface area contributed by atoms with Crippen LogP contribution in [0.3, 0.4) is 0 Å². The molecule has 2 rings (SSSR count). The van der Waals surface area contributed by atoms with Gasteiger partial charge < -0.3 is 9.63 Å². The summed E-state index contributed by atoms with van der Waals surface area (Å²) >= 11 is 0. The summed E-state index contributed by atoms with van der Waals surface area (Å²) in [5, 5.41) is 15.0. The lowest BCUT2D eigenvalue weighted by Crippen LogP contribution is -2.21.